The van der Waals surface area contributed by atoms with Crippen molar-refractivity contribution in [2.45, 2.75) is 23.6 Å². The summed E-state index contributed by atoms with van der Waals surface area (Å²) in [5, 5.41) is 7.39. The van der Waals surface area contributed by atoms with Gasteiger partial charge in [0.25, 0.3) is 31.7 Å². The Hall–Kier alpha value is -5.17. The Morgan fingerprint density at radius 3 is 1.98 bits per heavy atom. The van der Waals surface area contributed by atoms with E-state index in [2.05, 4.69) is 10.2 Å². The summed E-state index contributed by atoms with van der Waals surface area (Å²) < 4.78 is 74.7. The minimum absolute atomic E-state index is 0.0494. The second-order valence-electron chi connectivity index (χ2n) is 8.85. The van der Waals surface area contributed by atoms with E-state index in [0.717, 1.165) is 52.7 Å². The number of H-pyrrole nitrogens is 1. The molecule has 1 aliphatic heterocycles. The quantitative estimate of drug-likeness (QED) is 0.161. The van der Waals surface area contributed by atoms with E-state index in [1.165, 1.54) is 44.2 Å². The van der Waals surface area contributed by atoms with Gasteiger partial charge in [-0.2, -0.15) is 26.9 Å². The molecule has 0 fully saturated rings. The Bertz CT molecular complexity index is 2040. The van der Waals surface area contributed by atoms with Gasteiger partial charge >= 0.3 is 11.9 Å². The van der Waals surface area contributed by atoms with Crippen LogP contribution in [0, 0.1) is 6.61 Å². The van der Waals surface area contributed by atoms with Gasteiger partial charge in [-0.15, -0.1) is 0 Å². The number of amides is 1. The molecule has 2 heterocycles. The number of aromatic nitrogens is 2. The average Bonchev–Trinajstić information content (AvgIpc) is 3.49. The van der Waals surface area contributed by atoms with Gasteiger partial charge in [0.2, 0.25) is 0 Å². The Balaban J connectivity index is 1.75. The summed E-state index contributed by atoms with van der Waals surface area (Å²) in [7, 11) is -9.02. The van der Waals surface area contributed by atoms with Crippen LogP contribution in [0.25, 0.3) is 11.8 Å². The van der Waals surface area contributed by atoms with E-state index in [0.29, 0.717) is 0 Å². The van der Waals surface area contributed by atoms with Gasteiger partial charge in [-0.05, 0) is 74.5 Å². The Morgan fingerprint density at radius 1 is 0.911 bits per heavy atom. The van der Waals surface area contributed by atoms with Crippen molar-refractivity contribution in [3.05, 3.63) is 94.5 Å². The average molecular weight is 660 g/mol. The van der Waals surface area contributed by atoms with Crippen LogP contribution in [0.5, 0.6) is 0 Å². The maximum Gasteiger partial charge on any atom is 0.359 e. The third kappa shape index (κ3) is 6.99. The summed E-state index contributed by atoms with van der Waals surface area (Å²) in [5.41, 5.74) is -1.87. The molecule has 0 aliphatic carbocycles. The third-order valence-electron chi connectivity index (χ3n) is 6.00. The molecule has 3 aromatic rings. The fourth-order valence-corrected chi connectivity index (χ4v) is 4.93. The molecule has 0 saturated carbocycles. The van der Waals surface area contributed by atoms with Crippen LogP contribution in [-0.4, -0.2) is 65.9 Å². The van der Waals surface area contributed by atoms with Crippen molar-refractivity contribution in [3.8, 4) is 5.69 Å². The number of esters is 2. The maximum atomic E-state index is 13.3. The molecule has 1 amide bonds. The third-order valence-corrected chi connectivity index (χ3v) is 7.74. The number of nitrogens with zero attached hydrogens (tertiary/aromatic N) is 3. The van der Waals surface area contributed by atoms with E-state index >= 15 is 0 Å². The van der Waals surface area contributed by atoms with Crippen LogP contribution in [0.3, 0.4) is 0 Å². The highest BCUT2D eigenvalue weighted by molar-refractivity contribution is 7.86. The van der Waals surface area contributed by atoms with E-state index in [1.54, 1.807) is 0 Å². The zero-order valence-corrected chi connectivity index (χ0v) is 24.9. The molecule has 0 spiro atoms. The highest BCUT2D eigenvalue weighted by Gasteiger charge is 2.36. The molecule has 4 rings (SSSR count). The van der Waals surface area contributed by atoms with E-state index in [9.17, 15) is 45.1 Å². The number of hydrogen-bond donors (Lipinski definition) is 3. The predicted molar refractivity (Wildman–Crippen MR) is 157 cm³/mol. The number of hydrazone groups is 1. The van der Waals surface area contributed by atoms with Crippen LogP contribution in [0.4, 0.5) is 5.69 Å². The lowest BCUT2D eigenvalue weighted by molar-refractivity contribution is -0.135. The van der Waals surface area contributed by atoms with Crippen molar-refractivity contribution in [1.82, 2.24) is 9.78 Å². The Morgan fingerprint density at radius 2 is 1.47 bits per heavy atom. The number of rotatable bonds is 10. The number of anilines is 1. The van der Waals surface area contributed by atoms with Crippen molar-refractivity contribution in [2.24, 2.45) is 5.10 Å². The molecule has 0 unspecified atom stereocenters. The van der Waals surface area contributed by atoms with Crippen molar-refractivity contribution in [1.29, 1.82) is 0 Å². The first-order chi connectivity index (χ1) is 21.2. The molecule has 1 radical (unpaired) electrons. The van der Waals surface area contributed by atoms with E-state index < -0.39 is 59.1 Å². The van der Waals surface area contributed by atoms with Crippen molar-refractivity contribution in [2.75, 3.05) is 11.6 Å². The second-order valence-corrected chi connectivity index (χ2v) is 11.7. The van der Waals surface area contributed by atoms with Gasteiger partial charge in [0.05, 0.1) is 38.9 Å². The van der Waals surface area contributed by atoms with Crippen LogP contribution in [0.2, 0.25) is 0 Å². The molecule has 235 valence electrons. The van der Waals surface area contributed by atoms with Crippen LogP contribution >= 0.6 is 0 Å². The lowest BCUT2D eigenvalue weighted by atomic mass is 10.1. The number of carbonyl (C=O) groups is 3. The van der Waals surface area contributed by atoms with Crippen LogP contribution in [0.15, 0.2) is 85.9 Å². The summed E-state index contributed by atoms with van der Waals surface area (Å²) in [5.74, 6) is -2.74. The van der Waals surface area contributed by atoms with E-state index in [-0.39, 0.29) is 34.8 Å². The lowest BCUT2D eigenvalue weighted by Crippen LogP contribution is -2.23. The van der Waals surface area contributed by atoms with Gasteiger partial charge in [0.15, 0.2) is 11.4 Å². The van der Waals surface area contributed by atoms with Crippen molar-refractivity contribution >= 4 is 55.6 Å². The zero-order chi connectivity index (χ0) is 33.1. The largest absolute Gasteiger partial charge is 0.461 e. The van der Waals surface area contributed by atoms with Crippen LogP contribution in [0.1, 0.15) is 29.9 Å². The molecule has 1 aliphatic rings. The standard InChI is InChI=1S/C27H23N4O12S2/c1-3-42-26(34)22-20(24(32)30(28-22)16-8-12-18(13-9-16)44(36,37)38)6-5-7-21-23(27(35)43-4-2)29-31(25(21)33)17-10-14-19(15-11-17)45(39,40)41/h3,5-15,28H,4H2,1-2H3,(H,36,37,38)(H,39,40,41)/b6-5?,21-7-. The first-order valence-corrected chi connectivity index (χ1v) is 15.5. The SMILES string of the molecule is C[CH]OC(=O)c1[nH]n(-c2ccc(S(=O)(=O)O)cc2)c(=O)c1C=C/C=C1\C(=O)N(c2ccc(S(=O)(=O)O)cc2)N=C1C(=O)OCC. The van der Waals surface area contributed by atoms with Crippen molar-refractivity contribution < 1.29 is 49.8 Å². The summed E-state index contributed by atoms with van der Waals surface area (Å²) >= 11 is 0. The number of carbonyl (C=O) groups excluding carboxylic acids is 3. The first kappa shape index (κ1) is 32.7. The van der Waals surface area contributed by atoms with Gasteiger partial charge < -0.3 is 9.47 Å². The van der Waals surface area contributed by atoms with Crippen molar-refractivity contribution in [3.63, 3.8) is 0 Å². The number of nitrogens with one attached hydrogen (secondary N) is 1. The van der Waals surface area contributed by atoms with Crippen LogP contribution in [-0.2, 0) is 39.3 Å². The normalized spacial score (nSPS) is 14.7. The molecule has 2 aromatic carbocycles. The number of aromatic amines is 1. The molecule has 0 atom stereocenters. The monoisotopic (exact) mass is 659 g/mol. The Kier molecular flexibility index (Phi) is 9.33. The number of allylic oxidation sites excluding steroid dienone is 2. The molecule has 3 N–H and O–H groups in total. The molecule has 18 heteroatoms. The van der Waals surface area contributed by atoms with Gasteiger partial charge in [-0.25, -0.2) is 14.3 Å². The lowest BCUT2D eigenvalue weighted by Gasteiger charge is -2.11. The molecule has 1 aromatic heterocycles. The van der Waals surface area contributed by atoms with Crippen LogP contribution < -0.4 is 10.6 Å². The molecule has 0 saturated heterocycles. The van der Waals surface area contributed by atoms with Gasteiger partial charge in [-0.1, -0.05) is 6.08 Å². The topological polar surface area (TPSA) is 232 Å². The smallest absolute Gasteiger partial charge is 0.359 e. The summed E-state index contributed by atoms with van der Waals surface area (Å²) in [6.07, 6.45) is 3.49. The first-order valence-electron chi connectivity index (χ1n) is 12.7. The number of hydrogen-bond acceptors (Lipinski definition) is 11. The number of ether oxygens (including phenoxy) is 2. The van der Waals surface area contributed by atoms with Gasteiger partial charge in [0, 0.05) is 0 Å². The molecule has 0 bridgehead atoms. The fraction of sp³-hybridized carbons (Fsp3) is 0.111. The highest BCUT2D eigenvalue weighted by Crippen LogP contribution is 2.26. The molecule has 16 nitrogen and oxygen atoms in total. The Labute approximate surface area is 255 Å². The predicted octanol–water partition coefficient (Wildman–Crippen LogP) is 1.90. The zero-order valence-electron chi connectivity index (χ0n) is 23.3. The number of benzene rings is 2. The van der Waals surface area contributed by atoms with Gasteiger partial charge in [-0.3, -0.25) is 23.8 Å². The molecular formula is C27H23N4O12S2. The maximum absolute atomic E-state index is 13.3. The summed E-state index contributed by atoms with van der Waals surface area (Å²) in [6.45, 7) is 3.98. The highest BCUT2D eigenvalue weighted by atomic mass is 32.2. The minimum atomic E-state index is -4.51. The van der Waals surface area contributed by atoms with E-state index in [1.807, 2.05) is 0 Å². The minimum Gasteiger partial charge on any atom is -0.461 e. The molecular weight excluding hydrogens is 636 g/mol. The van der Waals surface area contributed by atoms with Gasteiger partial charge in [0.1, 0.15) is 6.61 Å². The second kappa shape index (κ2) is 12.8. The molecule has 45 heavy (non-hydrogen) atoms. The summed E-state index contributed by atoms with van der Waals surface area (Å²) in [6, 6.07) is 8.90. The van der Waals surface area contributed by atoms with E-state index in [4.69, 9.17) is 9.47 Å². The summed E-state index contributed by atoms with van der Waals surface area (Å²) in [4.78, 5) is 51.0. The fourth-order valence-electron chi connectivity index (χ4n) is 3.97.